The van der Waals surface area contributed by atoms with Crippen LogP contribution in [-0.4, -0.2) is 20.9 Å². The Morgan fingerprint density at radius 2 is 1.17 bits per heavy atom. The molecule has 8 rings (SSSR count). The smallest absolute Gasteiger partial charge is 0.160 e. The summed E-state index contributed by atoms with van der Waals surface area (Å²) in [5.41, 5.74) is 11.0. The van der Waals surface area contributed by atoms with Gasteiger partial charge in [-0.1, -0.05) is 128 Å². The van der Waals surface area contributed by atoms with Gasteiger partial charge in [-0.25, -0.2) is 15.0 Å². The average molecular weight is 591 g/mol. The fourth-order valence-electron chi connectivity index (χ4n) is 6.18. The lowest BCUT2D eigenvalue weighted by Gasteiger charge is -2.11. The van der Waals surface area contributed by atoms with Crippen molar-refractivity contribution in [3.8, 4) is 11.1 Å². The zero-order valence-corrected chi connectivity index (χ0v) is 25.4. The number of imidazole rings is 1. The highest BCUT2D eigenvalue weighted by Crippen LogP contribution is 2.35. The third kappa shape index (κ3) is 4.86. The standard InChI is InChI=1S/C42H30N4/c1-28(30-13-5-3-6-14-30)43-41(33-15-7-4-8-16-33)44-29(2)31-21-23-32(24-22-31)34-25-26-36-37(27-34)35-17-9-11-19-39(35)46-40-20-12-10-18-38(40)45-42(36)46/h3-27H,2H2,1H3. The number of para-hydroxylation sites is 3. The van der Waals surface area contributed by atoms with Gasteiger partial charge in [-0.2, -0.15) is 0 Å². The van der Waals surface area contributed by atoms with Crippen LogP contribution in [-0.2, 0) is 0 Å². The lowest BCUT2D eigenvalue weighted by molar-refractivity contribution is 1.31. The maximum atomic E-state index is 5.04. The minimum Gasteiger partial charge on any atom is -0.292 e. The van der Waals surface area contributed by atoms with Crippen LogP contribution in [0.1, 0.15) is 23.6 Å². The molecule has 2 heterocycles. The molecule has 0 N–H and O–H groups in total. The summed E-state index contributed by atoms with van der Waals surface area (Å²) in [7, 11) is 0. The molecule has 0 unspecified atom stereocenters. The SMILES string of the molecule is C=C(N=C(N=C(C)c1ccccc1)c1ccccc1)c1ccc(-c2ccc3c(c2)c2ccccc2n2c4ccccc4nc32)cc1. The van der Waals surface area contributed by atoms with Gasteiger partial charge in [0, 0.05) is 22.0 Å². The minimum absolute atomic E-state index is 0.635. The predicted octanol–water partition coefficient (Wildman–Crippen LogP) is 10.4. The molecule has 46 heavy (non-hydrogen) atoms. The number of benzene rings is 6. The normalized spacial score (nSPS) is 12.4. The highest BCUT2D eigenvalue weighted by molar-refractivity contribution is 6.15. The maximum absolute atomic E-state index is 5.04. The summed E-state index contributed by atoms with van der Waals surface area (Å²) in [4.78, 5) is 14.9. The van der Waals surface area contributed by atoms with Crippen LogP contribution in [0.4, 0.5) is 0 Å². The van der Waals surface area contributed by atoms with E-state index < -0.39 is 0 Å². The number of hydrogen-bond acceptors (Lipinski definition) is 2. The van der Waals surface area contributed by atoms with E-state index in [2.05, 4.69) is 108 Å². The van der Waals surface area contributed by atoms with Crippen LogP contribution in [0.5, 0.6) is 0 Å². The summed E-state index contributed by atoms with van der Waals surface area (Å²) in [6.07, 6.45) is 0. The molecule has 0 fully saturated rings. The summed E-state index contributed by atoms with van der Waals surface area (Å²) in [5, 5.41) is 3.53. The molecule has 218 valence electrons. The molecule has 2 aromatic heterocycles. The Morgan fingerprint density at radius 1 is 0.543 bits per heavy atom. The molecule has 0 saturated carbocycles. The van der Waals surface area contributed by atoms with Crippen LogP contribution >= 0.6 is 0 Å². The first-order valence-electron chi connectivity index (χ1n) is 15.4. The molecule has 4 nitrogen and oxygen atoms in total. The lowest BCUT2D eigenvalue weighted by Crippen LogP contribution is -2.04. The first-order chi connectivity index (χ1) is 22.6. The second-order valence-electron chi connectivity index (χ2n) is 11.4. The second kappa shape index (κ2) is 11.4. The van der Waals surface area contributed by atoms with Crippen molar-refractivity contribution in [3.63, 3.8) is 0 Å². The van der Waals surface area contributed by atoms with Crippen LogP contribution < -0.4 is 0 Å². The van der Waals surface area contributed by atoms with E-state index in [-0.39, 0.29) is 0 Å². The average Bonchev–Trinajstić information content (AvgIpc) is 3.52. The molecule has 0 aliphatic heterocycles. The summed E-state index contributed by atoms with van der Waals surface area (Å²) in [5.74, 6) is 0.635. The second-order valence-corrected chi connectivity index (χ2v) is 11.4. The van der Waals surface area contributed by atoms with Crippen molar-refractivity contribution in [1.82, 2.24) is 9.38 Å². The van der Waals surface area contributed by atoms with Gasteiger partial charge in [0.15, 0.2) is 5.84 Å². The van der Waals surface area contributed by atoms with E-state index >= 15 is 0 Å². The summed E-state index contributed by atoms with van der Waals surface area (Å²) in [6.45, 7) is 6.34. The Labute approximate surface area is 267 Å². The highest BCUT2D eigenvalue weighted by atomic mass is 15.0. The van der Waals surface area contributed by atoms with Crippen LogP contribution in [0.25, 0.3) is 55.2 Å². The van der Waals surface area contributed by atoms with Gasteiger partial charge < -0.3 is 0 Å². The molecule has 0 aliphatic rings. The fraction of sp³-hybridized carbons (Fsp3) is 0.0238. The van der Waals surface area contributed by atoms with E-state index in [1.165, 1.54) is 10.8 Å². The van der Waals surface area contributed by atoms with Gasteiger partial charge >= 0.3 is 0 Å². The monoisotopic (exact) mass is 590 g/mol. The van der Waals surface area contributed by atoms with Gasteiger partial charge in [0.1, 0.15) is 5.65 Å². The molecule has 8 aromatic rings. The lowest BCUT2D eigenvalue weighted by atomic mass is 9.98. The summed E-state index contributed by atoms with van der Waals surface area (Å²) < 4.78 is 2.28. The molecule has 0 bridgehead atoms. The zero-order valence-electron chi connectivity index (χ0n) is 25.4. The molecule has 0 saturated heterocycles. The first-order valence-corrected chi connectivity index (χ1v) is 15.4. The number of amidine groups is 1. The minimum atomic E-state index is 0.635. The Bertz CT molecular complexity index is 2470. The molecule has 0 aliphatic carbocycles. The van der Waals surface area contributed by atoms with Gasteiger partial charge in [-0.3, -0.25) is 4.40 Å². The molecule has 0 amide bonds. The molecule has 6 aromatic carbocycles. The van der Waals surface area contributed by atoms with Gasteiger partial charge in [0.05, 0.1) is 22.2 Å². The van der Waals surface area contributed by atoms with Gasteiger partial charge in [0.2, 0.25) is 0 Å². The van der Waals surface area contributed by atoms with Gasteiger partial charge in [-0.05, 0) is 64.9 Å². The Hall–Kier alpha value is -6.13. The van der Waals surface area contributed by atoms with Crippen molar-refractivity contribution in [1.29, 1.82) is 0 Å². The van der Waals surface area contributed by atoms with Crippen LogP contribution in [0.15, 0.2) is 168 Å². The number of nitrogens with zero attached hydrogens (tertiary/aromatic N) is 4. The topological polar surface area (TPSA) is 42.0 Å². The first kappa shape index (κ1) is 27.4. The van der Waals surface area contributed by atoms with E-state index in [9.17, 15) is 0 Å². The summed E-state index contributed by atoms with van der Waals surface area (Å²) in [6, 6.07) is 52.3. The van der Waals surface area contributed by atoms with Crippen molar-refractivity contribution >= 4 is 55.6 Å². The zero-order chi connectivity index (χ0) is 31.0. The largest absolute Gasteiger partial charge is 0.292 e. The molecule has 0 atom stereocenters. The number of aliphatic imine (C=N–C) groups is 2. The van der Waals surface area contributed by atoms with E-state index in [0.29, 0.717) is 11.5 Å². The molecule has 0 spiro atoms. The number of hydrogen-bond donors (Lipinski definition) is 0. The van der Waals surface area contributed by atoms with Gasteiger partial charge in [-0.15, -0.1) is 0 Å². The van der Waals surface area contributed by atoms with Crippen LogP contribution in [0.3, 0.4) is 0 Å². The highest BCUT2D eigenvalue weighted by Gasteiger charge is 2.14. The van der Waals surface area contributed by atoms with Crippen molar-refractivity contribution in [2.45, 2.75) is 6.92 Å². The predicted molar refractivity (Wildman–Crippen MR) is 194 cm³/mol. The van der Waals surface area contributed by atoms with E-state index in [0.717, 1.165) is 61.1 Å². The number of pyridine rings is 1. The van der Waals surface area contributed by atoms with Crippen molar-refractivity contribution in [3.05, 3.63) is 175 Å². The van der Waals surface area contributed by atoms with E-state index in [4.69, 9.17) is 15.0 Å². The number of aromatic nitrogens is 2. The molecule has 0 radical (unpaired) electrons. The van der Waals surface area contributed by atoms with Crippen molar-refractivity contribution in [2.24, 2.45) is 9.98 Å². The third-order valence-corrected chi connectivity index (χ3v) is 8.55. The fourth-order valence-corrected chi connectivity index (χ4v) is 6.18. The maximum Gasteiger partial charge on any atom is 0.160 e. The molecular formula is C42H30N4. The van der Waals surface area contributed by atoms with Crippen molar-refractivity contribution < 1.29 is 0 Å². The Balaban J connectivity index is 1.17. The van der Waals surface area contributed by atoms with Crippen molar-refractivity contribution in [2.75, 3.05) is 0 Å². The van der Waals surface area contributed by atoms with E-state index in [1.807, 2.05) is 61.5 Å². The molecular weight excluding hydrogens is 560 g/mol. The number of rotatable bonds is 5. The van der Waals surface area contributed by atoms with Crippen LogP contribution in [0.2, 0.25) is 0 Å². The number of fused-ring (bicyclic) bond motifs is 8. The quantitative estimate of drug-likeness (QED) is 0.112. The van der Waals surface area contributed by atoms with E-state index in [1.54, 1.807) is 0 Å². The van der Waals surface area contributed by atoms with Crippen LogP contribution in [0, 0.1) is 0 Å². The third-order valence-electron chi connectivity index (χ3n) is 8.55. The Morgan fingerprint density at radius 3 is 1.93 bits per heavy atom. The Kier molecular flexibility index (Phi) is 6.81. The summed E-state index contributed by atoms with van der Waals surface area (Å²) >= 11 is 0. The molecule has 4 heteroatoms. The van der Waals surface area contributed by atoms with Gasteiger partial charge in [0.25, 0.3) is 0 Å².